The van der Waals surface area contributed by atoms with Gasteiger partial charge in [-0.25, -0.2) is 9.78 Å². The molecule has 44 heavy (non-hydrogen) atoms. The number of carboxylic acids is 1. The second kappa shape index (κ2) is 11.7. The lowest BCUT2D eigenvalue weighted by Crippen LogP contribution is -2.28. The highest BCUT2D eigenvalue weighted by atomic mass is 35.5. The number of aliphatic hydroxyl groups excluding tert-OH is 1. The molecule has 0 bridgehead atoms. The molecule has 1 unspecified atom stereocenters. The van der Waals surface area contributed by atoms with Crippen molar-refractivity contribution in [3.05, 3.63) is 78.8 Å². The Balaban J connectivity index is 1.36. The van der Waals surface area contributed by atoms with Crippen LogP contribution >= 0.6 is 34.5 Å². The number of hydrogen-bond donors (Lipinski definition) is 2. The van der Waals surface area contributed by atoms with Gasteiger partial charge < -0.3 is 19.8 Å². The van der Waals surface area contributed by atoms with Crippen molar-refractivity contribution in [3.8, 4) is 22.9 Å². The zero-order valence-corrected chi connectivity index (χ0v) is 25.9. The number of ether oxygens (including phenoxy) is 1. The van der Waals surface area contributed by atoms with Crippen LogP contribution in [0.3, 0.4) is 0 Å². The van der Waals surface area contributed by atoms with Crippen LogP contribution in [-0.2, 0) is 6.54 Å². The highest BCUT2D eigenvalue weighted by molar-refractivity contribution is 7.18. The zero-order chi connectivity index (χ0) is 31.3. The first-order chi connectivity index (χ1) is 21.1. The summed E-state index contributed by atoms with van der Waals surface area (Å²) in [6.45, 7) is 4.54. The third-order valence-electron chi connectivity index (χ3n) is 7.64. The van der Waals surface area contributed by atoms with Gasteiger partial charge in [0.2, 0.25) is 0 Å². The van der Waals surface area contributed by atoms with Gasteiger partial charge in [-0.05, 0) is 50.6 Å². The molecule has 1 atom stereocenters. The first-order valence-electron chi connectivity index (χ1n) is 13.7. The first-order valence-corrected chi connectivity index (χ1v) is 15.3. The van der Waals surface area contributed by atoms with Gasteiger partial charge in [-0.2, -0.15) is 5.26 Å². The summed E-state index contributed by atoms with van der Waals surface area (Å²) in [4.78, 5) is 36.5. The fourth-order valence-corrected chi connectivity index (χ4v) is 7.15. The summed E-state index contributed by atoms with van der Waals surface area (Å²) in [7, 11) is 0. The number of anilines is 1. The number of thiophene rings is 1. The summed E-state index contributed by atoms with van der Waals surface area (Å²) < 4.78 is 8.36. The molecule has 13 heteroatoms. The van der Waals surface area contributed by atoms with E-state index in [9.17, 15) is 25.1 Å². The van der Waals surface area contributed by atoms with Crippen molar-refractivity contribution in [2.75, 3.05) is 24.6 Å². The number of aliphatic hydroxyl groups is 1. The minimum absolute atomic E-state index is 0.0846. The van der Waals surface area contributed by atoms with Crippen molar-refractivity contribution < 1.29 is 19.7 Å². The molecule has 10 nitrogen and oxygen atoms in total. The number of nitrogens with zero attached hydrogens (tertiary/aromatic N) is 5. The monoisotopic (exact) mass is 649 g/mol. The van der Waals surface area contributed by atoms with Crippen molar-refractivity contribution in [2.45, 2.75) is 32.9 Å². The van der Waals surface area contributed by atoms with Gasteiger partial charge in [0, 0.05) is 40.3 Å². The maximum atomic E-state index is 13.8. The Bertz CT molecular complexity index is 2090. The number of pyridine rings is 1. The van der Waals surface area contributed by atoms with Gasteiger partial charge in [0.25, 0.3) is 5.56 Å². The van der Waals surface area contributed by atoms with E-state index in [4.69, 9.17) is 27.9 Å². The van der Waals surface area contributed by atoms with Crippen molar-refractivity contribution in [3.63, 3.8) is 0 Å². The summed E-state index contributed by atoms with van der Waals surface area (Å²) in [5, 5.41) is 32.3. The van der Waals surface area contributed by atoms with Crippen LogP contribution in [0.5, 0.6) is 5.75 Å². The Morgan fingerprint density at radius 1 is 1.20 bits per heavy atom. The van der Waals surface area contributed by atoms with E-state index in [-0.39, 0.29) is 29.7 Å². The van der Waals surface area contributed by atoms with Crippen LogP contribution in [0.2, 0.25) is 10.0 Å². The van der Waals surface area contributed by atoms with Gasteiger partial charge >= 0.3 is 5.97 Å². The van der Waals surface area contributed by atoms with Crippen LogP contribution in [0, 0.1) is 25.2 Å². The molecule has 0 amide bonds. The second-order valence-corrected chi connectivity index (χ2v) is 12.2. The minimum atomic E-state index is -1.06. The van der Waals surface area contributed by atoms with Crippen LogP contribution in [0.15, 0.2) is 40.5 Å². The van der Waals surface area contributed by atoms with Gasteiger partial charge in [-0.15, -0.1) is 11.3 Å². The molecule has 224 valence electrons. The summed E-state index contributed by atoms with van der Waals surface area (Å²) in [5.74, 6) is -0.136. The number of nitriles is 1. The standard InChI is InChI=1S/C31H25Cl2N5O5S/c1-15-9-20(29-27(35-15)22(14-44-29)31(41)42)19-10-17(32)3-4-25(19)43-8-7-38-16(2)36-24-11-23(33)28(37-6-5-18(39)13-37)21(12-34)26(24)30(38)40/h3-4,9-11,14,18,39H,5-8,13H2,1-2H3,(H,41,42). The van der Waals surface area contributed by atoms with Gasteiger partial charge in [-0.3, -0.25) is 14.3 Å². The zero-order valence-electron chi connectivity index (χ0n) is 23.6. The highest BCUT2D eigenvalue weighted by Crippen LogP contribution is 2.40. The molecule has 1 fully saturated rings. The predicted molar refractivity (Wildman–Crippen MR) is 171 cm³/mol. The normalized spacial score (nSPS) is 14.8. The lowest BCUT2D eigenvalue weighted by atomic mass is 10.0. The van der Waals surface area contributed by atoms with Gasteiger partial charge in [-0.1, -0.05) is 23.2 Å². The summed E-state index contributed by atoms with van der Waals surface area (Å²) in [6.07, 6.45) is -0.000501. The molecular formula is C31H25Cl2N5O5S. The lowest BCUT2D eigenvalue weighted by Gasteiger charge is -2.22. The molecule has 1 saturated heterocycles. The molecule has 2 aromatic carbocycles. The lowest BCUT2D eigenvalue weighted by molar-refractivity contribution is 0.0699. The first kappa shape index (κ1) is 29.8. The third-order valence-corrected chi connectivity index (χ3v) is 9.17. The number of carboxylic acid groups (broad SMARTS) is 1. The van der Waals surface area contributed by atoms with Crippen molar-refractivity contribution in [2.24, 2.45) is 0 Å². The number of aryl methyl sites for hydroxylation is 2. The van der Waals surface area contributed by atoms with Gasteiger partial charge in [0.15, 0.2) is 0 Å². The predicted octanol–water partition coefficient (Wildman–Crippen LogP) is 5.82. The van der Waals surface area contributed by atoms with E-state index >= 15 is 0 Å². The van der Waals surface area contributed by atoms with Crippen molar-refractivity contribution in [1.29, 1.82) is 5.26 Å². The fraction of sp³-hybridized carbons (Fsp3) is 0.258. The molecule has 0 aliphatic carbocycles. The number of halogens is 2. The van der Waals surface area contributed by atoms with E-state index in [1.165, 1.54) is 15.9 Å². The number of benzene rings is 2. The number of β-amino-alcohol motifs (C(OH)–C–C–N with tert-alkyl or cyclic N) is 1. The maximum absolute atomic E-state index is 13.8. The Morgan fingerprint density at radius 3 is 2.70 bits per heavy atom. The molecule has 0 saturated carbocycles. The largest absolute Gasteiger partial charge is 0.491 e. The highest BCUT2D eigenvalue weighted by Gasteiger charge is 2.28. The number of hydrogen-bond acceptors (Lipinski definition) is 9. The fourth-order valence-electron chi connectivity index (χ4n) is 5.65. The number of fused-ring (bicyclic) bond motifs is 2. The molecule has 0 radical (unpaired) electrons. The average molecular weight is 651 g/mol. The molecule has 6 rings (SSSR count). The molecule has 0 spiro atoms. The van der Waals surface area contributed by atoms with Crippen molar-refractivity contribution >= 4 is 67.3 Å². The van der Waals surface area contributed by atoms with Gasteiger partial charge in [0.05, 0.1) is 55.6 Å². The molecule has 2 N–H and O–H groups in total. The summed E-state index contributed by atoms with van der Waals surface area (Å²) in [5.41, 5.74) is 3.03. The van der Waals surface area contributed by atoms with Crippen LogP contribution in [0.25, 0.3) is 32.2 Å². The quantitative estimate of drug-likeness (QED) is 0.223. The number of rotatable bonds is 7. The van der Waals surface area contributed by atoms with Crippen LogP contribution in [0.1, 0.15) is 33.9 Å². The second-order valence-electron chi connectivity index (χ2n) is 10.5. The molecule has 5 aromatic rings. The Hall–Kier alpha value is -4.21. The number of aromatic nitrogens is 3. The van der Waals surface area contributed by atoms with E-state index in [0.29, 0.717) is 73.8 Å². The molecular weight excluding hydrogens is 625 g/mol. The molecule has 4 heterocycles. The van der Waals surface area contributed by atoms with E-state index < -0.39 is 17.6 Å². The van der Waals surface area contributed by atoms with Crippen LogP contribution in [0.4, 0.5) is 5.69 Å². The summed E-state index contributed by atoms with van der Waals surface area (Å²) >= 11 is 14.2. The number of aromatic carboxylic acids is 1. The Labute approximate surface area is 265 Å². The maximum Gasteiger partial charge on any atom is 0.338 e. The van der Waals surface area contributed by atoms with E-state index in [1.54, 1.807) is 43.5 Å². The molecule has 1 aliphatic heterocycles. The van der Waals surface area contributed by atoms with Crippen LogP contribution < -0.4 is 15.2 Å². The van der Waals surface area contributed by atoms with E-state index in [1.807, 2.05) is 11.0 Å². The SMILES string of the molecule is Cc1cc(-c2cc(Cl)ccc2OCCn2c(C)nc3cc(Cl)c(N4CCC(O)C4)c(C#N)c3c2=O)c2scc(C(=O)O)c2n1. The summed E-state index contributed by atoms with van der Waals surface area (Å²) in [6, 6.07) is 10.8. The van der Waals surface area contributed by atoms with E-state index in [0.717, 1.165) is 5.56 Å². The van der Waals surface area contributed by atoms with Crippen molar-refractivity contribution in [1.82, 2.24) is 14.5 Å². The average Bonchev–Trinajstić information content (AvgIpc) is 3.60. The van der Waals surface area contributed by atoms with Gasteiger partial charge in [0.1, 0.15) is 24.3 Å². The Kier molecular flexibility index (Phi) is 7.94. The smallest absolute Gasteiger partial charge is 0.338 e. The Morgan fingerprint density at radius 2 is 2.00 bits per heavy atom. The van der Waals surface area contributed by atoms with Crippen LogP contribution in [-0.4, -0.2) is 56.5 Å². The molecule has 1 aliphatic rings. The molecule has 3 aromatic heterocycles. The van der Waals surface area contributed by atoms with E-state index in [2.05, 4.69) is 16.0 Å². The third kappa shape index (κ3) is 5.24. The topological polar surface area (TPSA) is 142 Å². The minimum Gasteiger partial charge on any atom is -0.491 e. The number of carbonyl (C=O) groups is 1.